The first kappa shape index (κ1) is 25.7. The van der Waals surface area contributed by atoms with Crippen LogP contribution in [0.2, 0.25) is 0 Å². The van der Waals surface area contributed by atoms with E-state index in [4.69, 9.17) is 0 Å². The van der Waals surface area contributed by atoms with Gasteiger partial charge in [-0.15, -0.1) is 24.0 Å². The molecule has 2 aliphatic heterocycles. The molecule has 0 saturated carbocycles. The summed E-state index contributed by atoms with van der Waals surface area (Å²) in [4.78, 5) is 11.1. The van der Waals surface area contributed by atoms with Crippen molar-refractivity contribution in [3.63, 3.8) is 0 Å². The summed E-state index contributed by atoms with van der Waals surface area (Å²) in [7, 11) is 0. The predicted octanol–water partition coefficient (Wildman–Crippen LogP) is 1.82. The number of alkyl halides is 3. The summed E-state index contributed by atoms with van der Waals surface area (Å²) in [6.07, 6.45) is -3.43. The van der Waals surface area contributed by atoms with Crippen molar-refractivity contribution in [1.29, 1.82) is 0 Å². The maximum atomic E-state index is 12.5. The Morgan fingerprint density at radius 2 is 1.79 bits per heavy atom. The maximum absolute atomic E-state index is 12.5. The van der Waals surface area contributed by atoms with Crippen molar-refractivity contribution >= 4 is 29.9 Å². The fourth-order valence-corrected chi connectivity index (χ4v) is 3.72. The average Bonchev–Trinajstić information content (AvgIpc) is 3.04. The van der Waals surface area contributed by atoms with Crippen molar-refractivity contribution in [3.05, 3.63) is 0 Å². The number of nitrogens with zero attached hydrogens (tertiary/aromatic N) is 4. The molecule has 2 fully saturated rings. The molecule has 0 aromatic heterocycles. The van der Waals surface area contributed by atoms with Crippen LogP contribution in [0, 0.1) is 0 Å². The molecule has 28 heavy (non-hydrogen) atoms. The molecule has 0 spiro atoms. The lowest BCUT2D eigenvalue weighted by atomic mass is 10.2. The minimum absolute atomic E-state index is 0. The lowest BCUT2D eigenvalue weighted by molar-refractivity contribution is -0.143. The van der Waals surface area contributed by atoms with Gasteiger partial charge >= 0.3 is 6.18 Å². The highest BCUT2D eigenvalue weighted by Gasteiger charge is 2.34. The van der Waals surface area contributed by atoms with Gasteiger partial charge in [0.05, 0.1) is 13.1 Å². The first-order valence-electron chi connectivity index (χ1n) is 10.1. The second kappa shape index (κ2) is 12.4. The standard InChI is InChI=1S/C18H35F3N6.HI/c1-4-22-17(24-16-6-7-26(13-16)14-18(19,20)21)23-12-15(3)27-10-8-25(5-2)9-11-27;/h15-16H,4-14H2,1-3H3,(H2,22,23,24);1H. The molecule has 0 aliphatic carbocycles. The number of nitrogens with one attached hydrogen (secondary N) is 2. The minimum Gasteiger partial charge on any atom is -0.357 e. The molecule has 2 rings (SSSR count). The second-order valence-corrected chi connectivity index (χ2v) is 7.52. The zero-order valence-corrected chi connectivity index (χ0v) is 19.6. The summed E-state index contributed by atoms with van der Waals surface area (Å²) in [5, 5.41) is 6.53. The number of halogens is 4. The van der Waals surface area contributed by atoms with Crippen LogP contribution in [0.15, 0.2) is 4.99 Å². The van der Waals surface area contributed by atoms with E-state index in [9.17, 15) is 13.2 Å². The molecule has 0 radical (unpaired) electrons. The smallest absolute Gasteiger partial charge is 0.357 e. The van der Waals surface area contributed by atoms with Crippen LogP contribution >= 0.6 is 24.0 Å². The topological polar surface area (TPSA) is 46.1 Å². The first-order chi connectivity index (χ1) is 12.8. The van der Waals surface area contributed by atoms with Gasteiger partial charge in [0, 0.05) is 57.9 Å². The molecule has 2 heterocycles. The number of hydrogen-bond donors (Lipinski definition) is 2. The molecule has 0 bridgehead atoms. The van der Waals surface area contributed by atoms with Gasteiger partial charge in [0.25, 0.3) is 0 Å². The van der Waals surface area contributed by atoms with Crippen LogP contribution in [0.1, 0.15) is 27.2 Å². The molecule has 2 aliphatic rings. The van der Waals surface area contributed by atoms with Crippen molar-refractivity contribution in [2.75, 3.05) is 65.4 Å². The van der Waals surface area contributed by atoms with Gasteiger partial charge in [-0.1, -0.05) is 6.92 Å². The molecule has 2 N–H and O–H groups in total. The summed E-state index contributed by atoms with van der Waals surface area (Å²) in [5.41, 5.74) is 0. The highest BCUT2D eigenvalue weighted by molar-refractivity contribution is 14.0. The molecule has 166 valence electrons. The van der Waals surface area contributed by atoms with E-state index in [1.165, 1.54) is 4.90 Å². The van der Waals surface area contributed by atoms with E-state index < -0.39 is 12.7 Å². The monoisotopic (exact) mass is 520 g/mol. The number of likely N-dealkylation sites (N-methyl/N-ethyl adjacent to an activating group) is 1. The summed E-state index contributed by atoms with van der Waals surface area (Å²) >= 11 is 0. The Kier molecular flexibility index (Phi) is 11.4. The summed E-state index contributed by atoms with van der Waals surface area (Å²) in [5.74, 6) is 0.704. The normalized spacial score (nSPS) is 24.1. The van der Waals surface area contributed by atoms with Crippen LogP contribution in [0.4, 0.5) is 13.2 Å². The Labute approximate surface area is 184 Å². The molecule has 6 nitrogen and oxygen atoms in total. The number of piperazine rings is 1. The average molecular weight is 520 g/mol. The van der Waals surface area contributed by atoms with Crippen molar-refractivity contribution in [1.82, 2.24) is 25.3 Å². The highest BCUT2D eigenvalue weighted by Crippen LogP contribution is 2.19. The molecule has 0 aromatic rings. The van der Waals surface area contributed by atoms with Crippen molar-refractivity contribution in [2.24, 2.45) is 4.99 Å². The van der Waals surface area contributed by atoms with Crippen LogP contribution in [-0.4, -0.2) is 104 Å². The molecular formula is C18H36F3IN6. The van der Waals surface area contributed by atoms with Gasteiger partial charge in [0.15, 0.2) is 5.96 Å². The van der Waals surface area contributed by atoms with Crippen molar-refractivity contribution < 1.29 is 13.2 Å². The Hall–Kier alpha value is -0.330. The lowest BCUT2D eigenvalue weighted by Gasteiger charge is -2.37. The van der Waals surface area contributed by atoms with Crippen LogP contribution in [0.5, 0.6) is 0 Å². The third kappa shape index (κ3) is 9.00. The van der Waals surface area contributed by atoms with E-state index in [0.29, 0.717) is 38.1 Å². The zero-order valence-electron chi connectivity index (χ0n) is 17.3. The quantitative estimate of drug-likeness (QED) is 0.305. The molecule has 2 atom stereocenters. The number of likely N-dealkylation sites (tertiary alicyclic amines) is 1. The molecule has 10 heteroatoms. The van der Waals surface area contributed by atoms with E-state index >= 15 is 0 Å². The second-order valence-electron chi connectivity index (χ2n) is 7.52. The third-order valence-electron chi connectivity index (χ3n) is 5.35. The van der Waals surface area contributed by atoms with E-state index in [0.717, 1.165) is 39.3 Å². The minimum atomic E-state index is -4.13. The van der Waals surface area contributed by atoms with Gasteiger partial charge in [-0.25, -0.2) is 0 Å². The number of rotatable bonds is 7. The number of aliphatic imine (C=N–C) groups is 1. The molecular weight excluding hydrogens is 484 g/mol. The van der Waals surface area contributed by atoms with Crippen LogP contribution < -0.4 is 10.6 Å². The Morgan fingerprint density at radius 3 is 2.36 bits per heavy atom. The lowest BCUT2D eigenvalue weighted by Crippen LogP contribution is -2.50. The highest BCUT2D eigenvalue weighted by atomic mass is 127. The molecule has 2 unspecified atom stereocenters. The van der Waals surface area contributed by atoms with E-state index in [-0.39, 0.29) is 30.0 Å². The summed E-state index contributed by atoms with van der Waals surface area (Å²) < 4.78 is 37.6. The van der Waals surface area contributed by atoms with E-state index in [1.807, 2.05) is 6.92 Å². The zero-order chi connectivity index (χ0) is 19.9. The summed E-state index contributed by atoms with van der Waals surface area (Å²) in [6.45, 7) is 13.2. The van der Waals surface area contributed by atoms with Gasteiger partial charge in [-0.2, -0.15) is 13.2 Å². The van der Waals surface area contributed by atoms with Gasteiger partial charge in [0.2, 0.25) is 0 Å². The van der Waals surface area contributed by atoms with Gasteiger partial charge in [0.1, 0.15) is 0 Å². The van der Waals surface area contributed by atoms with E-state index in [1.54, 1.807) is 0 Å². The molecule has 0 amide bonds. The van der Waals surface area contributed by atoms with Crippen molar-refractivity contribution in [2.45, 2.75) is 45.5 Å². The van der Waals surface area contributed by atoms with Crippen molar-refractivity contribution in [3.8, 4) is 0 Å². The van der Waals surface area contributed by atoms with E-state index in [2.05, 4.69) is 39.3 Å². The van der Waals surface area contributed by atoms with Gasteiger partial charge in [-0.3, -0.25) is 14.8 Å². The van der Waals surface area contributed by atoms with Gasteiger partial charge < -0.3 is 15.5 Å². The van der Waals surface area contributed by atoms with Crippen LogP contribution in [0.3, 0.4) is 0 Å². The van der Waals surface area contributed by atoms with Crippen LogP contribution in [0.25, 0.3) is 0 Å². The van der Waals surface area contributed by atoms with Crippen LogP contribution in [-0.2, 0) is 0 Å². The first-order valence-corrected chi connectivity index (χ1v) is 10.1. The fraction of sp³-hybridized carbons (Fsp3) is 0.944. The predicted molar refractivity (Wildman–Crippen MR) is 119 cm³/mol. The Balaban J connectivity index is 0.00000392. The Bertz CT molecular complexity index is 469. The molecule has 0 aromatic carbocycles. The maximum Gasteiger partial charge on any atom is 0.401 e. The van der Waals surface area contributed by atoms with Gasteiger partial charge in [-0.05, 0) is 26.8 Å². The summed E-state index contributed by atoms with van der Waals surface area (Å²) in [6, 6.07) is 0.360. The largest absolute Gasteiger partial charge is 0.401 e. The molecule has 2 saturated heterocycles. The number of guanidine groups is 1. The fourth-order valence-electron chi connectivity index (χ4n) is 3.72. The Morgan fingerprint density at radius 1 is 1.11 bits per heavy atom. The SMILES string of the molecule is CCNC(=NCC(C)N1CCN(CC)CC1)NC1CCN(CC(F)(F)F)C1.I. The third-order valence-corrected chi connectivity index (χ3v) is 5.35. The number of hydrogen-bond acceptors (Lipinski definition) is 4.